The number of carbonyl (C=O) groups excluding carboxylic acids is 1. The maximum atomic E-state index is 12.6. The van der Waals surface area contributed by atoms with Gasteiger partial charge in [-0.2, -0.15) is 0 Å². The fourth-order valence-electron chi connectivity index (χ4n) is 3.41. The molecule has 1 aromatic heterocycles. The molecule has 0 bridgehead atoms. The van der Waals surface area contributed by atoms with Crippen molar-refractivity contribution < 1.29 is 9.53 Å². The zero-order valence-electron chi connectivity index (χ0n) is 16.7. The summed E-state index contributed by atoms with van der Waals surface area (Å²) in [7, 11) is 0. The summed E-state index contributed by atoms with van der Waals surface area (Å²) in [5, 5.41) is 0.553. The molecule has 2 fully saturated rings. The molecule has 6 nitrogen and oxygen atoms in total. The highest BCUT2D eigenvalue weighted by atomic mass is 35.5. The van der Waals surface area contributed by atoms with Gasteiger partial charge in [0.05, 0.1) is 23.8 Å². The van der Waals surface area contributed by atoms with Gasteiger partial charge in [0.25, 0.3) is 5.91 Å². The third-order valence-electron chi connectivity index (χ3n) is 5.22. The van der Waals surface area contributed by atoms with Gasteiger partial charge in [0.1, 0.15) is 5.82 Å². The van der Waals surface area contributed by atoms with Crippen LogP contribution < -0.4 is 4.90 Å². The predicted molar refractivity (Wildman–Crippen MR) is 109 cm³/mol. The lowest BCUT2D eigenvalue weighted by atomic mass is 9.92. The van der Waals surface area contributed by atoms with Crippen LogP contribution in [0.5, 0.6) is 0 Å². The average Bonchev–Trinajstić information content (AvgIpc) is 2.66. The monoisotopic (exact) mass is 394 g/mol. The SMILES string of the molecule is CC(C)(C)CCN1CCN(c2ncc(C(=O)N3CCOCC3)cc2Cl)CC1. The van der Waals surface area contributed by atoms with Crippen LogP contribution in [0.25, 0.3) is 0 Å². The Morgan fingerprint density at radius 2 is 1.81 bits per heavy atom. The Kier molecular flexibility index (Phi) is 6.61. The third-order valence-corrected chi connectivity index (χ3v) is 5.50. The number of carbonyl (C=O) groups is 1. The van der Waals surface area contributed by atoms with E-state index in [1.54, 1.807) is 17.2 Å². The number of pyridine rings is 1. The largest absolute Gasteiger partial charge is 0.378 e. The number of piperazine rings is 1. The molecule has 7 heteroatoms. The molecule has 0 saturated carbocycles. The molecule has 2 aliphatic heterocycles. The van der Waals surface area contributed by atoms with Crippen LogP contribution in [0.1, 0.15) is 37.6 Å². The van der Waals surface area contributed by atoms with Crippen molar-refractivity contribution >= 4 is 23.3 Å². The summed E-state index contributed by atoms with van der Waals surface area (Å²) in [5.74, 6) is 0.761. The van der Waals surface area contributed by atoms with Crippen molar-refractivity contribution in [3.8, 4) is 0 Å². The van der Waals surface area contributed by atoms with Crippen molar-refractivity contribution in [3.05, 3.63) is 22.8 Å². The van der Waals surface area contributed by atoms with Gasteiger partial charge in [0.15, 0.2) is 0 Å². The van der Waals surface area contributed by atoms with Crippen LogP contribution in [0.3, 0.4) is 0 Å². The van der Waals surface area contributed by atoms with Crippen molar-refractivity contribution in [1.29, 1.82) is 0 Å². The number of aromatic nitrogens is 1. The van der Waals surface area contributed by atoms with E-state index in [1.807, 2.05) is 0 Å². The molecule has 0 aromatic carbocycles. The number of hydrogen-bond acceptors (Lipinski definition) is 5. The highest BCUT2D eigenvalue weighted by Crippen LogP contribution is 2.26. The molecule has 2 saturated heterocycles. The number of rotatable bonds is 4. The number of ether oxygens (including phenoxy) is 1. The lowest BCUT2D eigenvalue weighted by molar-refractivity contribution is 0.0302. The standard InChI is InChI=1S/C20H31ClN4O2/c1-20(2,3)4-5-23-6-8-24(9-7-23)18-17(21)14-16(15-22-18)19(26)25-10-12-27-13-11-25/h14-15H,4-13H2,1-3H3. The van der Waals surface area contributed by atoms with Crippen LogP contribution in [0.15, 0.2) is 12.3 Å². The van der Waals surface area contributed by atoms with Gasteiger partial charge in [-0.15, -0.1) is 0 Å². The van der Waals surface area contributed by atoms with E-state index in [1.165, 1.54) is 6.42 Å². The summed E-state index contributed by atoms with van der Waals surface area (Å²) in [6.45, 7) is 14.3. The summed E-state index contributed by atoms with van der Waals surface area (Å²) in [4.78, 5) is 23.6. The van der Waals surface area contributed by atoms with E-state index in [-0.39, 0.29) is 5.91 Å². The second-order valence-electron chi connectivity index (χ2n) is 8.57. The fourth-order valence-corrected chi connectivity index (χ4v) is 3.69. The zero-order valence-corrected chi connectivity index (χ0v) is 17.5. The topological polar surface area (TPSA) is 48.9 Å². The van der Waals surface area contributed by atoms with E-state index >= 15 is 0 Å². The van der Waals surface area contributed by atoms with Gasteiger partial charge in [-0.1, -0.05) is 32.4 Å². The van der Waals surface area contributed by atoms with Crippen LogP contribution in [-0.4, -0.2) is 79.7 Å². The molecule has 0 aliphatic carbocycles. The first-order valence-corrected chi connectivity index (χ1v) is 10.2. The van der Waals surface area contributed by atoms with Gasteiger partial charge in [-0.05, 0) is 24.4 Å². The predicted octanol–water partition coefficient (Wildman–Crippen LogP) is 2.77. The Morgan fingerprint density at radius 1 is 1.15 bits per heavy atom. The van der Waals surface area contributed by atoms with E-state index in [2.05, 4.69) is 35.6 Å². The lowest BCUT2D eigenvalue weighted by Gasteiger charge is -2.36. The Balaban J connectivity index is 1.57. The molecule has 150 valence electrons. The molecule has 0 atom stereocenters. The maximum absolute atomic E-state index is 12.6. The second-order valence-corrected chi connectivity index (χ2v) is 8.98. The van der Waals surface area contributed by atoms with Crippen molar-refractivity contribution in [2.24, 2.45) is 5.41 Å². The van der Waals surface area contributed by atoms with Crippen LogP contribution in [0, 0.1) is 5.41 Å². The minimum atomic E-state index is -0.0220. The van der Waals surface area contributed by atoms with Gasteiger partial charge in [0, 0.05) is 45.5 Å². The van der Waals surface area contributed by atoms with E-state index < -0.39 is 0 Å². The van der Waals surface area contributed by atoms with Crippen molar-refractivity contribution in [3.63, 3.8) is 0 Å². The Hall–Kier alpha value is -1.37. The van der Waals surface area contributed by atoms with Gasteiger partial charge < -0.3 is 14.5 Å². The van der Waals surface area contributed by atoms with Crippen LogP contribution in [0.4, 0.5) is 5.82 Å². The number of nitrogens with zero attached hydrogens (tertiary/aromatic N) is 4. The molecule has 0 unspecified atom stereocenters. The van der Waals surface area contributed by atoms with Crippen LogP contribution in [0.2, 0.25) is 5.02 Å². The first-order valence-electron chi connectivity index (χ1n) is 9.83. The minimum absolute atomic E-state index is 0.0220. The summed E-state index contributed by atoms with van der Waals surface area (Å²) >= 11 is 6.49. The molecule has 1 aromatic rings. The van der Waals surface area contributed by atoms with Crippen molar-refractivity contribution in [2.45, 2.75) is 27.2 Å². The minimum Gasteiger partial charge on any atom is -0.378 e. The smallest absolute Gasteiger partial charge is 0.255 e. The molecule has 3 heterocycles. The third kappa shape index (κ3) is 5.56. The summed E-state index contributed by atoms with van der Waals surface area (Å²) in [6.07, 6.45) is 2.86. The zero-order chi connectivity index (χ0) is 19.4. The first-order chi connectivity index (χ1) is 12.8. The van der Waals surface area contributed by atoms with Gasteiger partial charge >= 0.3 is 0 Å². The number of morpholine rings is 1. The van der Waals surface area contributed by atoms with Crippen LogP contribution in [-0.2, 0) is 4.74 Å². The summed E-state index contributed by atoms with van der Waals surface area (Å²) in [6, 6.07) is 1.76. The molecule has 3 rings (SSSR count). The molecule has 0 N–H and O–H groups in total. The summed E-state index contributed by atoms with van der Waals surface area (Å²) in [5.41, 5.74) is 0.916. The summed E-state index contributed by atoms with van der Waals surface area (Å²) < 4.78 is 5.31. The Morgan fingerprint density at radius 3 is 2.41 bits per heavy atom. The molecule has 0 spiro atoms. The highest BCUT2D eigenvalue weighted by Gasteiger charge is 2.24. The normalized spacial score (nSPS) is 19.4. The lowest BCUT2D eigenvalue weighted by Crippen LogP contribution is -2.47. The Bertz CT molecular complexity index is 648. The second kappa shape index (κ2) is 8.76. The van der Waals surface area contributed by atoms with E-state index in [9.17, 15) is 4.79 Å². The molecular formula is C20H31ClN4O2. The number of amides is 1. The number of halogens is 1. The van der Waals surface area contributed by atoms with Gasteiger partial charge in [-0.3, -0.25) is 9.69 Å². The van der Waals surface area contributed by atoms with E-state index in [4.69, 9.17) is 16.3 Å². The van der Waals surface area contributed by atoms with E-state index in [0.29, 0.717) is 42.3 Å². The van der Waals surface area contributed by atoms with Crippen molar-refractivity contribution in [1.82, 2.24) is 14.8 Å². The van der Waals surface area contributed by atoms with Crippen molar-refractivity contribution in [2.75, 3.05) is 63.9 Å². The van der Waals surface area contributed by atoms with Gasteiger partial charge in [0.2, 0.25) is 0 Å². The molecule has 27 heavy (non-hydrogen) atoms. The molecule has 2 aliphatic rings. The number of anilines is 1. The van der Waals surface area contributed by atoms with E-state index in [0.717, 1.165) is 38.5 Å². The van der Waals surface area contributed by atoms with Crippen LogP contribution >= 0.6 is 11.6 Å². The Labute approximate surface area is 167 Å². The molecule has 0 radical (unpaired) electrons. The first kappa shape index (κ1) is 20.4. The highest BCUT2D eigenvalue weighted by molar-refractivity contribution is 6.33. The average molecular weight is 395 g/mol. The van der Waals surface area contributed by atoms with Gasteiger partial charge in [-0.25, -0.2) is 4.98 Å². The maximum Gasteiger partial charge on any atom is 0.255 e. The quantitative estimate of drug-likeness (QED) is 0.785. The number of hydrogen-bond donors (Lipinski definition) is 0. The fraction of sp³-hybridized carbons (Fsp3) is 0.700. The molecular weight excluding hydrogens is 364 g/mol. The molecule has 1 amide bonds.